The van der Waals surface area contributed by atoms with Crippen molar-refractivity contribution in [3.05, 3.63) is 82.9 Å². The molecule has 1 heterocycles. The van der Waals surface area contributed by atoms with Crippen molar-refractivity contribution in [1.82, 2.24) is 0 Å². The average Bonchev–Trinajstić information content (AvgIpc) is 2.89. The van der Waals surface area contributed by atoms with E-state index in [-0.39, 0.29) is 42.1 Å². The Hall–Kier alpha value is -2.70. The Morgan fingerprint density at radius 3 is 1.83 bits per heavy atom. The molecule has 0 aromatic heterocycles. The van der Waals surface area contributed by atoms with Crippen LogP contribution in [-0.4, -0.2) is 19.5 Å². The predicted molar refractivity (Wildman–Crippen MR) is 134 cm³/mol. The van der Waals surface area contributed by atoms with Crippen molar-refractivity contribution in [2.45, 2.75) is 64.6 Å². The predicted octanol–water partition coefficient (Wildman–Crippen LogP) is 8.57. The van der Waals surface area contributed by atoms with E-state index in [4.69, 9.17) is 9.47 Å². The van der Waals surface area contributed by atoms with Crippen molar-refractivity contribution in [3.8, 4) is 22.3 Å². The average molecular weight is 501 g/mol. The van der Waals surface area contributed by atoms with E-state index in [1.807, 2.05) is 6.92 Å². The molecule has 1 fully saturated rings. The van der Waals surface area contributed by atoms with Crippen molar-refractivity contribution in [3.63, 3.8) is 0 Å². The summed E-state index contributed by atoms with van der Waals surface area (Å²) in [6, 6.07) is 12.6. The van der Waals surface area contributed by atoms with Crippen molar-refractivity contribution in [2.75, 3.05) is 13.2 Å². The number of ether oxygens (including phenoxy) is 2. The van der Waals surface area contributed by atoms with Gasteiger partial charge in [0.1, 0.15) is 0 Å². The molecule has 0 radical (unpaired) electrons. The zero-order chi connectivity index (χ0) is 25.7. The molecule has 192 valence electrons. The first-order chi connectivity index (χ1) is 17.4. The normalized spacial score (nSPS) is 17.9. The molecule has 0 spiro atoms. The topological polar surface area (TPSA) is 18.5 Å². The van der Waals surface area contributed by atoms with Crippen molar-refractivity contribution in [1.29, 1.82) is 0 Å². The fraction of sp³-hybridized carbons (Fsp3) is 0.400. The maximum atomic E-state index is 15.0. The van der Waals surface area contributed by atoms with Gasteiger partial charge in [0.2, 0.25) is 0 Å². The van der Waals surface area contributed by atoms with E-state index >= 15 is 4.39 Å². The lowest BCUT2D eigenvalue weighted by Crippen LogP contribution is -2.31. The summed E-state index contributed by atoms with van der Waals surface area (Å²) in [7, 11) is 0. The number of unbranched alkanes of at least 4 members (excludes halogenated alkanes) is 2. The number of hydrogen-bond donors (Lipinski definition) is 0. The Bertz CT molecular complexity index is 1170. The molecule has 0 N–H and O–H groups in total. The first-order valence-electron chi connectivity index (χ1n) is 12.7. The molecule has 1 aliphatic rings. The minimum absolute atomic E-state index is 0.0993. The highest BCUT2D eigenvalue weighted by molar-refractivity contribution is 5.71. The molecule has 1 aliphatic heterocycles. The second-order valence-corrected chi connectivity index (χ2v) is 9.35. The van der Waals surface area contributed by atoms with Gasteiger partial charge in [-0.2, -0.15) is 0 Å². The Balaban J connectivity index is 1.52. The third kappa shape index (κ3) is 5.65. The minimum atomic E-state index is -0.954. The lowest BCUT2D eigenvalue weighted by atomic mass is 9.94. The minimum Gasteiger partial charge on any atom is -0.352 e. The van der Waals surface area contributed by atoms with Crippen LogP contribution >= 0.6 is 0 Å². The Labute approximate surface area is 210 Å². The van der Waals surface area contributed by atoms with Crippen LogP contribution in [0.2, 0.25) is 0 Å². The molecule has 0 amide bonds. The second kappa shape index (κ2) is 12.0. The van der Waals surface area contributed by atoms with Gasteiger partial charge < -0.3 is 9.47 Å². The van der Waals surface area contributed by atoms with E-state index in [9.17, 15) is 13.2 Å². The maximum absolute atomic E-state index is 15.0. The molecule has 36 heavy (non-hydrogen) atoms. The molecule has 6 heteroatoms. The summed E-state index contributed by atoms with van der Waals surface area (Å²) in [4.78, 5) is 0. The quantitative estimate of drug-likeness (QED) is 0.216. The van der Waals surface area contributed by atoms with E-state index < -0.39 is 23.3 Å². The summed E-state index contributed by atoms with van der Waals surface area (Å²) in [5.41, 5.74) is 1.73. The highest BCUT2D eigenvalue weighted by Gasteiger charge is 2.27. The summed E-state index contributed by atoms with van der Waals surface area (Å²) >= 11 is 0. The highest BCUT2D eigenvalue weighted by atomic mass is 19.2. The molecule has 3 aromatic carbocycles. The van der Waals surface area contributed by atoms with Gasteiger partial charge in [0, 0.05) is 17.0 Å². The number of rotatable bonds is 9. The van der Waals surface area contributed by atoms with Crippen LogP contribution in [0.25, 0.3) is 22.3 Å². The molecule has 0 aliphatic carbocycles. The SMILES string of the molecule is CCCCCc1ccc(-c2ccc(-c3ccc(C4COC(CCC)OC4)c(F)c3F)cc2)c(F)c1F. The highest BCUT2D eigenvalue weighted by Crippen LogP contribution is 2.34. The summed E-state index contributed by atoms with van der Waals surface area (Å²) in [6.07, 6.45) is 4.65. The summed E-state index contributed by atoms with van der Waals surface area (Å²) in [5, 5.41) is 0. The molecule has 0 bridgehead atoms. The van der Waals surface area contributed by atoms with Crippen LogP contribution in [-0.2, 0) is 15.9 Å². The molecule has 0 atom stereocenters. The maximum Gasteiger partial charge on any atom is 0.166 e. The first-order valence-corrected chi connectivity index (χ1v) is 12.7. The van der Waals surface area contributed by atoms with Crippen LogP contribution in [0.5, 0.6) is 0 Å². The van der Waals surface area contributed by atoms with Crippen LogP contribution in [0, 0.1) is 23.3 Å². The fourth-order valence-electron chi connectivity index (χ4n) is 4.63. The molecular weight excluding hydrogens is 468 g/mol. The Kier molecular flexibility index (Phi) is 8.81. The monoisotopic (exact) mass is 500 g/mol. The number of halogens is 4. The van der Waals surface area contributed by atoms with Gasteiger partial charge in [-0.25, -0.2) is 17.6 Å². The first kappa shape index (κ1) is 26.4. The third-order valence-corrected chi connectivity index (χ3v) is 6.76. The lowest BCUT2D eigenvalue weighted by molar-refractivity contribution is -0.190. The Morgan fingerprint density at radius 2 is 1.25 bits per heavy atom. The summed E-state index contributed by atoms with van der Waals surface area (Å²) in [6.45, 7) is 4.63. The van der Waals surface area contributed by atoms with Crippen LogP contribution in [0.1, 0.15) is 63.0 Å². The number of benzene rings is 3. The van der Waals surface area contributed by atoms with Crippen molar-refractivity contribution in [2.24, 2.45) is 0 Å². The van der Waals surface area contributed by atoms with Crippen LogP contribution in [0.15, 0.2) is 48.5 Å². The zero-order valence-electron chi connectivity index (χ0n) is 20.8. The van der Waals surface area contributed by atoms with E-state index in [2.05, 4.69) is 6.92 Å². The van der Waals surface area contributed by atoms with Gasteiger partial charge in [0.15, 0.2) is 29.6 Å². The summed E-state index contributed by atoms with van der Waals surface area (Å²) < 4.78 is 70.7. The zero-order valence-corrected chi connectivity index (χ0v) is 20.8. The molecular formula is C30H32F4O2. The van der Waals surface area contributed by atoms with Crippen molar-refractivity contribution < 1.29 is 27.0 Å². The lowest BCUT2D eigenvalue weighted by Gasteiger charge is -2.29. The number of aryl methyl sites for hydroxylation is 1. The molecule has 4 rings (SSSR count). The van der Waals surface area contributed by atoms with Gasteiger partial charge >= 0.3 is 0 Å². The summed E-state index contributed by atoms with van der Waals surface area (Å²) in [5.74, 6) is -3.98. The van der Waals surface area contributed by atoms with E-state index in [1.165, 1.54) is 6.07 Å². The third-order valence-electron chi connectivity index (χ3n) is 6.76. The number of hydrogen-bond acceptors (Lipinski definition) is 2. The van der Waals surface area contributed by atoms with E-state index in [0.717, 1.165) is 32.1 Å². The van der Waals surface area contributed by atoms with E-state index in [1.54, 1.807) is 42.5 Å². The molecule has 1 saturated heterocycles. The molecule has 2 nitrogen and oxygen atoms in total. The van der Waals surface area contributed by atoms with Crippen LogP contribution in [0.3, 0.4) is 0 Å². The van der Waals surface area contributed by atoms with Gasteiger partial charge in [-0.15, -0.1) is 0 Å². The van der Waals surface area contributed by atoms with Gasteiger partial charge in [-0.3, -0.25) is 0 Å². The van der Waals surface area contributed by atoms with Gasteiger partial charge in [0.25, 0.3) is 0 Å². The smallest absolute Gasteiger partial charge is 0.166 e. The molecule has 0 saturated carbocycles. The molecule has 3 aromatic rings. The van der Waals surface area contributed by atoms with Gasteiger partial charge in [0.05, 0.1) is 13.2 Å². The Morgan fingerprint density at radius 1 is 0.667 bits per heavy atom. The fourth-order valence-corrected chi connectivity index (χ4v) is 4.63. The van der Waals surface area contributed by atoms with Gasteiger partial charge in [-0.05, 0) is 41.5 Å². The largest absolute Gasteiger partial charge is 0.352 e. The van der Waals surface area contributed by atoms with Crippen LogP contribution < -0.4 is 0 Å². The van der Waals surface area contributed by atoms with E-state index in [0.29, 0.717) is 23.1 Å². The van der Waals surface area contributed by atoms with Crippen LogP contribution in [0.4, 0.5) is 17.6 Å². The standard InChI is InChI=1S/C30H32F4O2/c1-3-5-6-8-21-13-14-23(28(32)27(21)31)19-9-11-20(12-10-19)24-15-16-25(30(34)29(24)33)22-17-35-26(7-4-2)36-18-22/h9-16,22,26H,3-8,17-18H2,1-2H3. The molecule has 0 unspecified atom stereocenters. The van der Waals surface area contributed by atoms with Crippen molar-refractivity contribution >= 4 is 0 Å². The van der Waals surface area contributed by atoms with Gasteiger partial charge in [-0.1, -0.05) is 81.6 Å². The second-order valence-electron chi connectivity index (χ2n) is 9.35.